The number of hydrogen-bond donors (Lipinski definition) is 0. The molecule has 1 fully saturated rings. The van der Waals surface area contributed by atoms with Crippen molar-refractivity contribution < 1.29 is 9.09 Å². The lowest BCUT2D eigenvalue weighted by atomic mass is 10.1. The summed E-state index contributed by atoms with van der Waals surface area (Å²) in [7, 11) is -2.16. The summed E-state index contributed by atoms with van der Waals surface area (Å²) in [4.78, 5) is 0. The Labute approximate surface area is 56.0 Å². The second kappa shape index (κ2) is 2.10. The van der Waals surface area contributed by atoms with Crippen LogP contribution in [-0.2, 0) is 9.09 Å². The molecular formula is C6H13O2P. The molecule has 1 aliphatic rings. The predicted molar refractivity (Wildman–Crippen MR) is 38.1 cm³/mol. The van der Waals surface area contributed by atoms with Crippen molar-refractivity contribution in [3.63, 3.8) is 0 Å². The van der Waals surface area contributed by atoms with Crippen LogP contribution in [0.25, 0.3) is 0 Å². The average molecular weight is 148 g/mol. The molecule has 2 nitrogen and oxygen atoms in total. The van der Waals surface area contributed by atoms with Gasteiger partial charge in [0.1, 0.15) is 0 Å². The highest BCUT2D eigenvalue weighted by atomic mass is 31.2. The minimum absolute atomic E-state index is 0.195. The van der Waals surface area contributed by atoms with Gasteiger partial charge in [-0.2, -0.15) is 0 Å². The van der Waals surface area contributed by atoms with E-state index in [1.54, 1.807) is 6.66 Å². The third-order valence-electron chi connectivity index (χ3n) is 1.81. The Morgan fingerprint density at radius 2 is 2.11 bits per heavy atom. The Morgan fingerprint density at radius 3 is 2.22 bits per heavy atom. The SMILES string of the molecule is CC1CP(C)(=O)OC1C. The fourth-order valence-electron chi connectivity index (χ4n) is 1.17. The zero-order valence-corrected chi connectivity index (χ0v) is 7.02. The first-order chi connectivity index (χ1) is 4.01. The van der Waals surface area contributed by atoms with Crippen LogP contribution < -0.4 is 0 Å². The molecule has 0 N–H and O–H groups in total. The molecule has 1 aliphatic heterocycles. The van der Waals surface area contributed by atoms with Crippen molar-refractivity contribution in [2.24, 2.45) is 5.92 Å². The van der Waals surface area contributed by atoms with Gasteiger partial charge in [-0.15, -0.1) is 0 Å². The van der Waals surface area contributed by atoms with Crippen molar-refractivity contribution in [3.05, 3.63) is 0 Å². The second-order valence-electron chi connectivity index (χ2n) is 2.98. The van der Waals surface area contributed by atoms with Crippen LogP contribution >= 0.6 is 7.37 Å². The van der Waals surface area contributed by atoms with Crippen LogP contribution in [-0.4, -0.2) is 18.9 Å². The normalized spacial score (nSPS) is 51.9. The molecule has 0 saturated carbocycles. The van der Waals surface area contributed by atoms with Crippen molar-refractivity contribution >= 4 is 7.37 Å². The number of rotatable bonds is 0. The maximum Gasteiger partial charge on any atom is 0.200 e. The molecule has 0 aromatic carbocycles. The first-order valence-corrected chi connectivity index (χ1v) is 5.52. The highest BCUT2D eigenvalue weighted by molar-refractivity contribution is 7.58. The monoisotopic (exact) mass is 148 g/mol. The molecule has 0 amide bonds. The molecule has 0 bridgehead atoms. The standard InChI is InChI=1S/C6H13O2P/c1-5-4-9(3,7)8-6(5)2/h5-6H,4H2,1-3H3. The molecule has 0 spiro atoms. The zero-order chi connectivity index (χ0) is 7.07. The lowest BCUT2D eigenvalue weighted by Gasteiger charge is -2.04. The van der Waals surface area contributed by atoms with Gasteiger partial charge in [-0.3, -0.25) is 4.57 Å². The van der Waals surface area contributed by atoms with Gasteiger partial charge in [0, 0.05) is 12.8 Å². The van der Waals surface area contributed by atoms with E-state index in [9.17, 15) is 4.57 Å². The van der Waals surface area contributed by atoms with Crippen LogP contribution in [0.2, 0.25) is 0 Å². The van der Waals surface area contributed by atoms with Crippen molar-refractivity contribution in [2.45, 2.75) is 20.0 Å². The van der Waals surface area contributed by atoms with Crippen molar-refractivity contribution in [1.82, 2.24) is 0 Å². The largest absolute Gasteiger partial charge is 0.325 e. The van der Waals surface area contributed by atoms with Gasteiger partial charge < -0.3 is 4.52 Å². The van der Waals surface area contributed by atoms with E-state index in [0.717, 1.165) is 6.16 Å². The Hall–Kier alpha value is 0.190. The zero-order valence-electron chi connectivity index (χ0n) is 6.13. The fraction of sp³-hybridized carbons (Fsp3) is 1.00. The average Bonchev–Trinajstić information content (AvgIpc) is 1.79. The lowest BCUT2D eigenvalue weighted by molar-refractivity contribution is 0.216. The van der Waals surface area contributed by atoms with Gasteiger partial charge in [-0.25, -0.2) is 0 Å². The van der Waals surface area contributed by atoms with Crippen molar-refractivity contribution in [2.75, 3.05) is 12.8 Å². The summed E-state index contributed by atoms with van der Waals surface area (Å²) < 4.78 is 16.4. The minimum atomic E-state index is -2.16. The highest BCUT2D eigenvalue weighted by Crippen LogP contribution is 2.52. The minimum Gasteiger partial charge on any atom is -0.325 e. The highest BCUT2D eigenvalue weighted by Gasteiger charge is 2.33. The molecule has 0 aromatic rings. The molecule has 54 valence electrons. The molecule has 1 heterocycles. The molecule has 3 atom stereocenters. The van der Waals surface area contributed by atoms with Gasteiger partial charge in [0.25, 0.3) is 0 Å². The molecule has 9 heavy (non-hydrogen) atoms. The Balaban J connectivity index is 2.65. The Kier molecular flexibility index (Phi) is 1.71. The van der Waals surface area contributed by atoms with Gasteiger partial charge >= 0.3 is 0 Å². The maximum atomic E-state index is 11.2. The third-order valence-corrected chi connectivity index (χ3v) is 3.83. The summed E-state index contributed by atoms with van der Waals surface area (Å²) in [6.45, 7) is 5.77. The van der Waals surface area contributed by atoms with Crippen LogP contribution in [0, 0.1) is 5.92 Å². The van der Waals surface area contributed by atoms with E-state index in [1.807, 2.05) is 6.92 Å². The molecule has 3 unspecified atom stereocenters. The smallest absolute Gasteiger partial charge is 0.200 e. The van der Waals surface area contributed by atoms with E-state index in [4.69, 9.17) is 4.52 Å². The molecule has 1 rings (SSSR count). The van der Waals surface area contributed by atoms with Crippen LogP contribution in [0.4, 0.5) is 0 Å². The summed E-state index contributed by atoms with van der Waals surface area (Å²) in [6, 6.07) is 0. The van der Waals surface area contributed by atoms with E-state index in [-0.39, 0.29) is 6.10 Å². The molecule has 0 aliphatic carbocycles. The van der Waals surface area contributed by atoms with Crippen LogP contribution in [0.3, 0.4) is 0 Å². The third kappa shape index (κ3) is 1.56. The predicted octanol–water partition coefficient (Wildman–Crippen LogP) is 1.95. The van der Waals surface area contributed by atoms with Gasteiger partial charge in [0.05, 0.1) is 6.10 Å². The van der Waals surface area contributed by atoms with Crippen molar-refractivity contribution in [1.29, 1.82) is 0 Å². The van der Waals surface area contributed by atoms with E-state index >= 15 is 0 Å². The van der Waals surface area contributed by atoms with Crippen LogP contribution in [0.5, 0.6) is 0 Å². The second-order valence-corrected chi connectivity index (χ2v) is 5.59. The molecule has 0 aromatic heterocycles. The summed E-state index contributed by atoms with van der Waals surface area (Å²) in [5.41, 5.74) is 0. The topological polar surface area (TPSA) is 26.3 Å². The summed E-state index contributed by atoms with van der Waals surface area (Å²) in [5.74, 6) is 0.473. The summed E-state index contributed by atoms with van der Waals surface area (Å²) in [6.07, 6.45) is 0.953. The van der Waals surface area contributed by atoms with E-state index in [1.165, 1.54) is 0 Å². The molecule has 3 heteroatoms. The Morgan fingerprint density at radius 1 is 1.56 bits per heavy atom. The quantitative estimate of drug-likeness (QED) is 0.491. The summed E-state index contributed by atoms with van der Waals surface area (Å²) >= 11 is 0. The van der Waals surface area contributed by atoms with Gasteiger partial charge in [0.15, 0.2) is 0 Å². The van der Waals surface area contributed by atoms with Gasteiger partial charge in [-0.05, 0) is 12.8 Å². The molecular weight excluding hydrogens is 135 g/mol. The summed E-state index contributed by atoms with van der Waals surface area (Å²) in [5, 5.41) is 0. The fourth-order valence-corrected chi connectivity index (χ4v) is 3.51. The van der Waals surface area contributed by atoms with E-state index in [2.05, 4.69) is 6.92 Å². The van der Waals surface area contributed by atoms with E-state index < -0.39 is 7.37 Å². The van der Waals surface area contributed by atoms with Gasteiger partial charge in [0.2, 0.25) is 7.37 Å². The van der Waals surface area contributed by atoms with Crippen LogP contribution in [0.15, 0.2) is 0 Å². The van der Waals surface area contributed by atoms with Crippen LogP contribution in [0.1, 0.15) is 13.8 Å². The first kappa shape index (κ1) is 7.30. The lowest BCUT2D eigenvalue weighted by Crippen LogP contribution is -2.07. The maximum absolute atomic E-state index is 11.2. The van der Waals surface area contributed by atoms with E-state index in [0.29, 0.717) is 5.92 Å². The Bertz CT molecular complexity index is 141. The molecule has 1 saturated heterocycles. The number of hydrogen-bond acceptors (Lipinski definition) is 2. The van der Waals surface area contributed by atoms with Crippen molar-refractivity contribution in [3.8, 4) is 0 Å². The van der Waals surface area contributed by atoms with Gasteiger partial charge in [-0.1, -0.05) is 6.92 Å². The molecule has 0 radical (unpaired) electrons. The first-order valence-electron chi connectivity index (χ1n) is 3.26.